The summed E-state index contributed by atoms with van der Waals surface area (Å²) >= 11 is 0. The second kappa shape index (κ2) is 4.20. The Balaban J connectivity index is 1.71. The number of nitrogens with one attached hydrogen (secondary N) is 1. The van der Waals surface area contributed by atoms with Gasteiger partial charge in [-0.15, -0.1) is 0 Å². The number of carbonyl (C=O) groups excluding carboxylic acids is 1. The van der Waals surface area contributed by atoms with Gasteiger partial charge in [-0.1, -0.05) is 0 Å². The van der Waals surface area contributed by atoms with Crippen molar-refractivity contribution in [3.05, 3.63) is 24.1 Å². The Morgan fingerprint density at radius 3 is 3.06 bits per heavy atom. The molecule has 6 heteroatoms. The Morgan fingerprint density at radius 2 is 2.39 bits per heavy atom. The van der Waals surface area contributed by atoms with Crippen molar-refractivity contribution in [2.75, 3.05) is 31.1 Å². The van der Waals surface area contributed by atoms with Crippen LogP contribution in [-0.2, 0) is 9.53 Å². The Kier molecular flexibility index (Phi) is 2.66. The molecule has 0 radical (unpaired) electrons. The Bertz CT molecular complexity index is 453. The highest BCUT2D eigenvalue weighted by atomic mass is 19.1. The Hall–Kier alpha value is -1.69. The van der Waals surface area contributed by atoms with Crippen molar-refractivity contribution < 1.29 is 13.9 Å². The average Bonchev–Trinajstić information content (AvgIpc) is 2.79. The van der Waals surface area contributed by atoms with E-state index in [-0.39, 0.29) is 23.9 Å². The van der Waals surface area contributed by atoms with Crippen molar-refractivity contribution in [1.82, 2.24) is 10.3 Å². The van der Waals surface area contributed by atoms with Crippen molar-refractivity contribution in [1.29, 1.82) is 0 Å². The Labute approximate surface area is 104 Å². The molecule has 5 nitrogen and oxygen atoms in total. The van der Waals surface area contributed by atoms with Crippen molar-refractivity contribution in [3.8, 4) is 0 Å². The predicted molar refractivity (Wildman–Crippen MR) is 62.7 cm³/mol. The van der Waals surface area contributed by atoms with Crippen LogP contribution in [0.2, 0.25) is 0 Å². The molecule has 0 aromatic carbocycles. The maximum Gasteiger partial charge on any atom is 0.246 e. The number of nitrogens with zero attached hydrogens (tertiary/aromatic N) is 2. The summed E-state index contributed by atoms with van der Waals surface area (Å²) in [5, 5.41) is 2.82. The van der Waals surface area contributed by atoms with Crippen LogP contribution in [0.25, 0.3) is 0 Å². The molecular formula is C12H14FN3O2. The first kappa shape index (κ1) is 11.4. The van der Waals surface area contributed by atoms with Gasteiger partial charge >= 0.3 is 0 Å². The van der Waals surface area contributed by atoms with Gasteiger partial charge in [-0.2, -0.15) is 0 Å². The molecule has 2 aliphatic heterocycles. The quantitative estimate of drug-likeness (QED) is 0.781. The minimum atomic E-state index is -0.339. The number of ether oxygens (including phenoxy) is 1. The van der Waals surface area contributed by atoms with E-state index in [1.807, 2.05) is 0 Å². The summed E-state index contributed by atoms with van der Waals surface area (Å²) in [6, 6.07) is 3.06. The topological polar surface area (TPSA) is 54.5 Å². The molecule has 0 bridgehead atoms. The van der Waals surface area contributed by atoms with E-state index >= 15 is 0 Å². The van der Waals surface area contributed by atoms with Gasteiger partial charge in [0.05, 0.1) is 12.7 Å². The number of pyridine rings is 1. The van der Waals surface area contributed by atoms with Crippen LogP contribution in [0, 0.1) is 5.82 Å². The molecule has 0 aliphatic carbocycles. The van der Waals surface area contributed by atoms with Crippen LogP contribution in [-0.4, -0.2) is 42.7 Å². The number of hydrogen-bond acceptors (Lipinski definition) is 4. The zero-order chi connectivity index (χ0) is 12.6. The molecule has 1 aromatic rings. The molecule has 1 atom stereocenters. The van der Waals surface area contributed by atoms with Gasteiger partial charge < -0.3 is 15.0 Å². The SMILES string of the molecule is O=C1COC2(CCN(c3ccc(F)cn3)C2)CN1. The van der Waals surface area contributed by atoms with E-state index in [1.54, 1.807) is 6.07 Å². The van der Waals surface area contributed by atoms with Crippen LogP contribution in [0.15, 0.2) is 18.3 Å². The molecule has 1 spiro atoms. The van der Waals surface area contributed by atoms with Crippen LogP contribution in [0.4, 0.5) is 10.2 Å². The average molecular weight is 251 g/mol. The Morgan fingerprint density at radius 1 is 1.50 bits per heavy atom. The lowest BCUT2D eigenvalue weighted by Crippen LogP contribution is -2.53. The lowest BCUT2D eigenvalue weighted by atomic mass is 10.0. The van der Waals surface area contributed by atoms with Gasteiger partial charge in [-0.3, -0.25) is 4.79 Å². The third kappa shape index (κ3) is 2.03. The van der Waals surface area contributed by atoms with Crippen LogP contribution in [0.5, 0.6) is 0 Å². The first-order valence-corrected chi connectivity index (χ1v) is 5.94. The van der Waals surface area contributed by atoms with Gasteiger partial charge in [-0.05, 0) is 18.6 Å². The van der Waals surface area contributed by atoms with Crippen molar-refractivity contribution in [2.24, 2.45) is 0 Å². The molecule has 96 valence electrons. The third-order valence-corrected chi connectivity index (χ3v) is 3.47. The minimum Gasteiger partial charge on any atom is -0.361 e. The van der Waals surface area contributed by atoms with E-state index in [0.29, 0.717) is 13.1 Å². The first-order chi connectivity index (χ1) is 8.67. The second-order valence-electron chi connectivity index (χ2n) is 4.75. The molecule has 2 fully saturated rings. The molecule has 3 rings (SSSR count). The number of rotatable bonds is 1. The van der Waals surface area contributed by atoms with Crippen LogP contribution >= 0.6 is 0 Å². The summed E-state index contributed by atoms with van der Waals surface area (Å²) in [6.07, 6.45) is 2.05. The summed E-state index contributed by atoms with van der Waals surface area (Å²) in [5.41, 5.74) is -0.315. The van der Waals surface area contributed by atoms with E-state index in [1.165, 1.54) is 12.3 Å². The number of anilines is 1. The fraction of sp³-hybridized carbons (Fsp3) is 0.500. The maximum atomic E-state index is 12.8. The minimum absolute atomic E-state index is 0.0704. The van der Waals surface area contributed by atoms with Gasteiger partial charge in [0.1, 0.15) is 23.8 Å². The fourth-order valence-electron chi connectivity index (χ4n) is 2.44. The van der Waals surface area contributed by atoms with E-state index in [9.17, 15) is 9.18 Å². The number of morpholine rings is 1. The van der Waals surface area contributed by atoms with Crippen molar-refractivity contribution in [2.45, 2.75) is 12.0 Å². The molecule has 18 heavy (non-hydrogen) atoms. The largest absolute Gasteiger partial charge is 0.361 e. The van der Waals surface area contributed by atoms with Gasteiger partial charge in [0.25, 0.3) is 0 Å². The molecule has 2 aliphatic rings. The first-order valence-electron chi connectivity index (χ1n) is 5.94. The standard InChI is InChI=1S/C12H14FN3O2/c13-9-1-2-10(14-5-9)16-4-3-12(8-16)7-15-11(17)6-18-12/h1-2,5H,3-4,6-8H2,(H,15,17). The van der Waals surface area contributed by atoms with E-state index in [4.69, 9.17) is 4.74 Å². The van der Waals surface area contributed by atoms with E-state index in [2.05, 4.69) is 15.2 Å². The van der Waals surface area contributed by atoms with Gasteiger partial charge in [0.15, 0.2) is 0 Å². The summed E-state index contributed by atoms with van der Waals surface area (Å²) in [7, 11) is 0. The van der Waals surface area contributed by atoms with Crippen molar-refractivity contribution >= 4 is 11.7 Å². The highest BCUT2D eigenvalue weighted by molar-refractivity contribution is 5.78. The number of amides is 1. The highest BCUT2D eigenvalue weighted by Gasteiger charge is 2.42. The third-order valence-electron chi connectivity index (χ3n) is 3.47. The summed E-state index contributed by atoms with van der Waals surface area (Å²) in [4.78, 5) is 17.2. The van der Waals surface area contributed by atoms with Gasteiger partial charge in [0.2, 0.25) is 5.91 Å². The van der Waals surface area contributed by atoms with Crippen molar-refractivity contribution in [3.63, 3.8) is 0 Å². The van der Waals surface area contributed by atoms with E-state index in [0.717, 1.165) is 18.8 Å². The summed E-state index contributed by atoms with van der Waals surface area (Å²) < 4.78 is 18.5. The van der Waals surface area contributed by atoms with Crippen LogP contribution in [0.3, 0.4) is 0 Å². The normalized spacial score (nSPS) is 27.6. The summed E-state index contributed by atoms with van der Waals surface area (Å²) in [5.74, 6) is 0.335. The predicted octanol–water partition coefficient (Wildman–Crippen LogP) is 0.316. The molecular weight excluding hydrogens is 237 g/mol. The molecule has 1 aromatic heterocycles. The number of halogens is 1. The smallest absolute Gasteiger partial charge is 0.246 e. The summed E-state index contributed by atoms with van der Waals surface area (Å²) in [6.45, 7) is 2.12. The lowest BCUT2D eigenvalue weighted by Gasteiger charge is -2.33. The zero-order valence-electron chi connectivity index (χ0n) is 9.86. The van der Waals surface area contributed by atoms with Crippen LogP contribution < -0.4 is 10.2 Å². The molecule has 2 saturated heterocycles. The fourth-order valence-corrected chi connectivity index (χ4v) is 2.44. The maximum absolute atomic E-state index is 12.8. The number of aromatic nitrogens is 1. The zero-order valence-corrected chi connectivity index (χ0v) is 9.86. The van der Waals surface area contributed by atoms with E-state index < -0.39 is 0 Å². The molecule has 0 saturated carbocycles. The highest BCUT2D eigenvalue weighted by Crippen LogP contribution is 2.29. The number of hydrogen-bond donors (Lipinski definition) is 1. The monoisotopic (exact) mass is 251 g/mol. The lowest BCUT2D eigenvalue weighted by molar-refractivity contribution is -0.141. The molecule has 1 unspecified atom stereocenters. The molecule has 3 heterocycles. The molecule has 1 amide bonds. The second-order valence-corrected chi connectivity index (χ2v) is 4.75. The number of carbonyl (C=O) groups is 1. The van der Waals surface area contributed by atoms with Gasteiger partial charge in [-0.25, -0.2) is 9.37 Å². The van der Waals surface area contributed by atoms with Gasteiger partial charge in [0, 0.05) is 13.1 Å². The van der Waals surface area contributed by atoms with Crippen LogP contribution in [0.1, 0.15) is 6.42 Å². The molecule has 1 N–H and O–H groups in total.